The van der Waals surface area contributed by atoms with Crippen molar-refractivity contribution in [2.45, 2.75) is 19.3 Å². The molecule has 0 aromatic heterocycles. The minimum atomic E-state index is 0.189. The number of hydrogen-bond donors (Lipinski definition) is 1. The molecular formula is C9H15NO. The molecule has 0 aromatic rings. The molecule has 1 amide bonds. The van der Waals surface area contributed by atoms with Gasteiger partial charge in [-0.25, -0.2) is 0 Å². The van der Waals surface area contributed by atoms with Gasteiger partial charge in [-0.3, -0.25) is 4.79 Å². The summed E-state index contributed by atoms with van der Waals surface area (Å²) in [5, 5.41) is 2.68. The maximum Gasteiger partial charge on any atom is 0.222 e. The van der Waals surface area contributed by atoms with Crippen molar-refractivity contribution in [2.75, 3.05) is 7.05 Å². The number of amides is 1. The van der Waals surface area contributed by atoms with Crippen LogP contribution in [0.25, 0.3) is 0 Å². The molecule has 0 bridgehead atoms. The van der Waals surface area contributed by atoms with Crippen LogP contribution in [0.15, 0.2) is 12.7 Å². The Hall–Kier alpha value is -0.790. The van der Waals surface area contributed by atoms with E-state index in [0.717, 1.165) is 19.3 Å². The first-order chi connectivity index (χ1) is 5.27. The van der Waals surface area contributed by atoms with Crippen molar-refractivity contribution in [3.05, 3.63) is 12.7 Å². The van der Waals surface area contributed by atoms with Gasteiger partial charge in [-0.2, -0.15) is 0 Å². The number of hydrogen-bond acceptors (Lipinski definition) is 1. The van der Waals surface area contributed by atoms with E-state index >= 15 is 0 Å². The first-order valence-electron chi connectivity index (χ1n) is 4.12. The van der Waals surface area contributed by atoms with Crippen LogP contribution < -0.4 is 5.32 Å². The average Bonchev–Trinajstić information content (AvgIpc) is 2.50. The topological polar surface area (TPSA) is 29.1 Å². The zero-order chi connectivity index (χ0) is 8.27. The summed E-state index contributed by atoms with van der Waals surface area (Å²) < 4.78 is 0. The van der Waals surface area contributed by atoms with E-state index in [9.17, 15) is 4.79 Å². The summed E-state index contributed by atoms with van der Waals surface area (Å²) in [5.41, 5.74) is 0. The van der Waals surface area contributed by atoms with Gasteiger partial charge in [-0.15, -0.1) is 6.58 Å². The van der Waals surface area contributed by atoms with E-state index in [1.165, 1.54) is 0 Å². The lowest BCUT2D eigenvalue weighted by Crippen LogP contribution is -2.25. The molecule has 1 saturated carbocycles. The molecular weight excluding hydrogens is 138 g/mol. The molecule has 1 aliphatic carbocycles. The molecule has 1 rings (SSSR count). The van der Waals surface area contributed by atoms with E-state index in [2.05, 4.69) is 11.9 Å². The van der Waals surface area contributed by atoms with Crippen molar-refractivity contribution in [1.29, 1.82) is 0 Å². The standard InChI is InChI=1S/C9H15NO/c1-3-7-4-5-8(6-7)9(11)10-2/h3,7-8H,1,4-6H2,2H3,(H,10,11). The smallest absolute Gasteiger partial charge is 0.222 e. The summed E-state index contributed by atoms with van der Waals surface area (Å²) in [5.74, 6) is 0.995. The van der Waals surface area contributed by atoms with Gasteiger partial charge in [0.2, 0.25) is 5.91 Å². The highest BCUT2D eigenvalue weighted by Crippen LogP contribution is 2.31. The van der Waals surface area contributed by atoms with Crippen LogP contribution in [0.1, 0.15) is 19.3 Å². The lowest BCUT2D eigenvalue weighted by atomic mass is 10.0. The van der Waals surface area contributed by atoms with Gasteiger partial charge in [0.05, 0.1) is 0 Å². The van der Waals surface area contributed by atoms with E-state index in [1.54, 1.807) is 7.05 Å². The van der Waals surface area contributed by atoms with Crippen LogP contribution in [-0.4, -0.2) is 13.0 Å². The Labute approximate surface area is 67.7 Å². The summed E-state index contributed by atoms with van der Waals surface area (Å²) in [6, 6.07) is 0. The predicted octanol–water partition coefficient (Wildman–Crippen LogP) is 1.33. The first-order valence-corrected chi connectivity index (χ1v) is 4.12. The molecule has 2 nitrogen and oxygen atoms in total. The van der Waals surface area contributed by atoms with Gasteiger partial charge in [-0.05, 0) is 25.2 Å². The van der Waals surface area contributed by atoms with Crippen molar-refractivity contribution in [2.24, 2.45) is 11.8 Å². The Bertz CT molecular complexity index is 165. The third kappa shape index (κ3) is 1.82. The van der Waals surface area contributed by atoms with Gasteiger partial charge in [0, 0.05) is 13.0 Å². The molecule has 0 spiro atoms. The number of carbonyl (C=O) groups excluding carboxylic acids is 1. The number of allylic oxidation sites excluding steroid dienone is 1. The third-order valence-electron chi connectivity index (χ3n) is 2.42. The summed E-state index contributed by atoms with van der Waals surface area (Å²) in [6.07, 6.45) is 5.10. The van der Waals surface area contributed by atoms with E-state index in [-0.39, 0.29) is 11.8 Å². The Kier molecular flexibility index (Phi) is 2.69. The second-order valence-electron chi connectivity index (χ2n) is 3.12. The lowest BCUT2D eigenvalue weighted by molar-refractivity contribution is -0.124. The number of nitrogens with one attached hydrogen (secondary N) is 1. The maximum absolute atomic E-state index is 11.1. The van der Waals surface area contributed by atoms with E-state index in [4.69, 9.17) is 0 Å². The fourth-order valence-corrected chi connectivity index (χ4v) is 1.67. The molecule has 1 N–H and O–H groups in total. The van der Waals surface area contributed by atoms with Gasteiger partial charge in [-0.1, -0.05) is 6.08 Å². The second-order valence-corrected chi connectivity index (χ2v) is 3.12. The fraction of sp³-hybridized carbons (Fsp3) is 0.667. The van der Waals surface area contributed by atoms with E-state index in [0.29, 0.717) is 5.92 Å². The van der Waals surface area contributed by atoms with Gasteiger partial charge in [0.25, 0.3) is 0 Å². The number of rotatable bonds is 2. The van der Waals surface area contributed by atoms with Gasteiger partial charge < -0.3 is 5.32 Å². The largest absolute Gasteiger partial charge is 0.359 e. The minimum absolute atomic E-state index is 0.189. The highest BCUT2D eigenvalue weighted by Gasteiger charge is 2.27. The highest BCUT2D eigenvalue weighted by molar-refractivity contribution is 5.78. The summed E-state index contributed by atoms with van der Waals surface area (Å²) in [6.45, 7) is 3.73. The Morgan fingerprint density at radius 1 is 1.64 bits per heavy atom. The van der Waals surface area contributed by atoms with Crippen LogP contribution in [-0.2, 0) is 4.79 Å². The van der Waals surface area contributed by atoms with E-state index in [1.807, 2.05) is 6.08 Å². The zero-order valence-electron chi connectivity index (χ0n) is 6.97. The highest BCUT2D eigenvalue weighted by atomic mass is 16.1. The first kappa shape index (κ1) is 8.31. The van der Waals surface area contributed by atoms with Crippen LogP contribution in [0.2, 0.25) is 0 Å². The van der Waals surface area contributed by atoms with Gasteiger partial charge in [0.15, 0.2) is 0 Å². The van der Waals surface area contributed by atoms with Crippen molar-refractivity contribution in [3.63, 3.8) is 0 Å². The molecule has 1 fully saturated rings. The molecule has 2 atom stereocenters. The molecule has 62 valence electrons. The molecule has 2 unspecified atom stereocenters. The summed E-state index contributed by atoms with van der Waals surface area (Å²) in [4.78, 5) is 11.1. The Morgan fingerprint density at radius 2 is 2.36 bits per heavy atom. The summed E-state index contributed by atoms with van der Waals surface area (Å²) in [7, 11) is 1.70. The van der Waals surface area contributed by atoms with Crippen LogP contribution in [0, 0.1) is 11.8 Å². The molecule has 0 heterocycles. The van der Waals surface area contributed by atoms with Crippen molar-refractivity contribution >= 4 is 5.91 Å². The number of carbonyl (C=O) groups is 1. The Balaban J connectivity index is 2.41. The molecule has 0 aromatic carbocycles. The molecule has 11 heavy (non-hydrogen) atoms. The monoisotopic (exact) mass is 153 g/mol. The van der Waals surface area contributed by atoms with Crippen molar-refractivity contribution < 1.29 is 4.79 Å². The SMILES string of the molecule is C=CC1CCC(C(=O)NC)C1. The van der Waals surface area contributed by atoms with Crippen LogP contribution >= 0.6 is 0 Å². The average molecular weight is 153 g/mol. The lowest BCUT2D eigenvalue weighted by Gasteiger charge is -2.06. The van der Waals surface area contributed by atoms with Crippen molar-refractivity contribution in [1.82, 2.24) is 5.32 Å². The molecule has 1 aliphatic rings. The maximum atomic E-state index is 11.1. The fourth-order valence-electron chi connectivity index (χ4n) is 1.67. The quantitative estimate of drug-likeness (QED) is 0.596. The molecule has 0 saturated heterocycles. The van der Waals surface area contributed by atoms with Crippen molar-refractivity contribution in [3.8, 4) is 0 Å². The molecule has 0 radical (unpaired) electrons. The van der Waals surface area contributed by atoms with Crippen LogP contribution in [0.4, 0.5) is 0 Å². The normalized spacial score (nSPS) is 29.9. The Morgan fingerprint density at radius 3 is 2.82 bits per heavy atom. The third-order valence-corrected chi connectivity index (χ3v) is 2.42. The minimum Gasteiger partial charge on any atom is -0.359 e. The predicted molar refractivity (Wildman–Crippen MR) is 45.1 cm³/mol. The second kappa shape index (κ2) is 3.56. The molecule has 0 aliphatic heterocycles. The van der Waals surface area contributed by atoms with Crippen LogP contribution in [0.3, 0.4) is 0 Å². The zero-order valence-corrected chi connectivity index (χ0v) is 6.97. The van der Waals surface area contributed by atoms with Gasteiger partial charge in [0.1, 0.15) is 0 Å². The van der Waals surface area contributed by atoms with E-state index < -0.39 is 0 Å². The summed E-state index contributed by atoms with van der Waals surface area (Å²) >= 11 is 0. The van der Waals surface area contributed by atoms with Crippen LogP contribution in [0.5, 0.6) is 0 Å². The van der Waals surface area contributed by atoms with Gasteiger partial charge >= 0.3 is 0 Å². The molecule has 2 heteroatoms.